The molecule has 1 aromatic rings. The quantitative estimate of drug-likeness (QED) is 0.788. The summed E-state index contributed by atoms with van der Waals surface area (Å²) < 4.78 is 5.45. The van der Waals surface area contributed by atoms with Gasteiger partial charge in [-0.15, -0.1) is 23.4 Å². The number of ether oxygens (including phenoxy) is 1. The van der Waals surface area contributed by atoms with Gasteiger partial charge in [-0.2, -0.15) is 0 Å². The fraction of sp³-hybridized carbons (Fsp3) is 0.500. The summed E-state index contributed by atoms with van der Waals surface area (Å²) in [4.78, 5) is 5.37. The van der Waals surface area contributed by atoms with Crippen LogP contribution in [0.25, 0.3) is 0 Å². The predicted molar refractivity (Wildman–Crippen MR) is 81.3 cm³/mol. The summed E-state index contributed by atoms with van der Waals surface area (Å²) in [5.74, 6) is 2.23. The molecule has 1 aromatic carbocycles. The van der Waals surface area contributed by atoms with Gasteiger partial charge in [0, 0.05) is 17.7 Å². The molecule has 2 rings (SSSR count). The summed E-state index contributed by atoms with van der Waals surface area (Å²) in [6.07, 6.45) is 0.773. The first kappa shape index (κ1) is 14.5. The first-order valence-corrected chi connectivity index (χ1v) is 7.66. The molecular formula is C14H18ClNO2S. The molecule has 0 saturated heterocycles. The maximum Gasteiger partial charge on any atom is 0.154 e. The third kappa shape index (κ3) is 3.37. The minimum atomic E-state index is -0.347. The largest absolute Gasteiger partial charge is 0.496 e. The van der Waals surface area contributed by atoms with Gasteiger partial charge in [0.15, 0.2) is 5.60 Å². The van der Waals surface area contributed by atoms with Crippen molar-refractivity contribution in [3.8, 4) is 5.75 Å². The summed E-state index contributed by atoms with van der Waals surface area (Å²) >= 11 is 7.55. The number of methoxy groups -OCH3 is 1. The zero-order chi connectivity index (χ0) is 13.9. The molecule has 0 bridgehead atoms. The van der Waals surface area contributed by atoms with Gasteiger partial charge in [0.2, 0.25) is 0 Å². The van der Waals surface area contributed by atoms with E-state index in [1.54, 1.807) is 18.9 Å². The van der Waals surface area contributed by atoms with Gasteiger partial charge >= 0.3 is 0 Å². The molecule has 0 amide bonds. The van der Waals surface area contributed by atoms with E-state index in [2.05, 4.69) is 11.2 Å². The molecule has 0 aromatic heterocycles. The van der Waals surface area contributed by atoms with Gasteiger partial charge in [-0.25, -0.2) is 0 Å². The molecule has 0 saturated carbocycles. The van der Waals surface area contributed by atoms with Gasteiger partial charge in [-0.1, -0.05) is 23.4 Å². The van der Waals surface area contributed by atoms with Gasteiger partial charge in [0.25, 0.3) is 0 Å². The maximum absolute atomic E-state index is 5.87. The SMILES string of the molecule is COc1c(C)cccc1CSC1=NOC(C)(CCl)C1. The highest BCUT2D eigenvalue weighted by molar-refractivity contribution is 8.13. The molecule has 1 heterocycles. The average Bonchev–Trinajstić information content (AvgIpc) is 2.79. The molecule has 0 N–H and O–H groups in total. The molecule has 1 aliphatic rings. The first-order valence-electron chi connectivity index (χ1n) is 6.14. The van der Waals surface area contributed by atoms with Gasteiger partial charge < -0.3 is 9.57 Å². The standard InChI is InChI=1S/C14H18ClNO2S/c1-10-5-4-6-11(13(10)17-3)8-19-12-7-14(2,9-15)18-16-12/h4-6H,7-9H2,1-3H3. The van der Waals surface area contributed by atoms with E-state index in [0.717, 1.165) is 28.5 Å². The Morgan fingerprint density at radius 1 is 1.53 bits per heavy atom. The topological polar surface area (TPSA) is 30.8 Å². The molecule has 19 heavy (non-hydrogen) atoms. The van der Waals surface area contributed by atoms with E-state index in [1.165, 1.54) is 5.56 Å². The summed E-state index contributed by atoms with van der Waals surface area (Å²) in [6.45, 7) is 4.03. The minimum Gasteiger partial charge on any atom is -0.496 e. The lowest BCUT2D eigenvalue weighted by Crippen LogP contribution is -2.26. The molecule has 0 fully saturated rings. The van der Waals surface area contributed by atoms with Crippen LogP contribution in [0.1, 0.15) is 24.5 Å². The van der Waals surface area contributed by atoms with Gasteiger partial charge in [0.1, 0.15) is 10.8 Å². The molecule has 0 radical (unpaired) electrons. The van der Waals surface area contributed by atoms with E-state index < -0.39 is 0 Å². The van der Waals surface area contributed by atoms with Gasteiger partial charge in [-0.3, -0.25) is 0 Å². The molecule has 104 valence electrons. The number of hydrogen-bond acceptors (Lipinski definition) is 4. The Hall–Kier alpha value is -0.870. The van der Waals surface area contributed by atoms with Gasteiger partial charge in [-0.05, 0) is 19.4 Å². The van der Waals surface area contributed by atoms with Crippen molar-refractivity contribution >= 4 is 28.4 Å². The lowest BCUT2D eigenvalue weighted by molar-refractivity contribution is 0.0152. The second-order valence-corrected chi connectivity index (χ2v) is 6.21. The van der Waals surface area contributed by atoms with Crippen LogP contribution in [0, 0.1) is 6.92 Å². The number of aryl methyl sites for hydroxylation is 1. The minimum absolute atomic E-state index is 0.347. The molecule has 5 heteroatoms. The number of nitrogens with zero attached hydrogens (tertiary/aromatic N) is 1. The van der Waals surface area contributed by atoms with Crippen molar-refractivity contribution in [1.82, 2.24) is 0 Å². The van der Waals surface area contributed by atoms with Crippen LogP contribution >= 0.6 is 23.4 Å². The Morgan fingerprint density at radius 2 is 2.32 bits per heavy atom. The van der Waals surface area contributed by atoms with Crippen molar-refractivity contribution in [2.45, 2.75) is 31.6 Å². The first-order chi connectivity index (χ1) is 9.08. The third-order valence-electron chi connectivity index (χ3n) is 3.07. The molecule has 1 atom stereocenters. The second-order valence-electron chi connectivity index (χ2n) is 4.89. The summed E-state index contributed by atoms with van der Waals surface area (Å²) in [5, 5.41) is 5.10. The highest BCUT2D eigenvalue weighted by atomic mass is 35.5. The highest BCUT2D eigenvalue weighted by Crippen LogP contribution is 2.33. The molecule has 1 aliphatic heterocycles. The van der Waals surface area contributed by atoms with E-state index in [0.29, 0.717) is 5.88 Å². The van der Waals surface area contributed by atoms with E-state index in [4.69, 9.17) is 21.2 Å². The Balaban J connectivity index is 1.99. The molecular weight excluding hydrogens is 282 g/mol. The maximum atomic E-state index is 5.87. The lowest BCUT2D eigenvalue weighted by atomic mass is 10.1. The summed E-state index contributed by atoms with van der Waals surface area (Å²) in [6, 6.07) is 6.17. The van der Waals surface area contributed by atoms with Crippen LogP contribution in [0.2, 0.25) is 0 Å². The number of rotatable bonds is 4. The van der Waals surface area contributed by atoms with Crippen molar-refractivity contribution in [3.05, 3.63) is 29.3 Å². The summed E-state index contributed by atoms with van der Waals surface area (Å²) in [5.41, 5.74) is 1.98. The Labute approximate surface area is 123 Å². The van der Waals surface area contributed by atoms with Crippen LogP contribution in [0.15, 0.2) is 23.4 Å². The number of benzene rings is 1. The monoisotopic (exact) mass is 299 g/mol. The van der Waals surface area contributed by atoms with Crippen molar-refractivity contribution in [2.75, 3.05) is 13.0 Å². The lowest BCUT2D eigenvalue weighted by Gasteiger charge is -2.16. The van der Waals surface area contributed by atoms with Crippen LogP contribution in [-0.4, -0.2) is 23.6 Å². The van der Waals surface area contributed by atoms with Crippen molar-refractivity contribution in [3.63, 3.8) is 0 Å². The van der Waals surface area contributed by atoms with Crippen LogP contribution in [0.5, 0.6) is 5.75 Å². The fourth-order valence-electron chi connectivity index (χ4n) is 1.97. The average molecular weight is 300 g/mol. The van der Waals surface area contributed by atoms with Crippen LogP contribution in [-0.2, 0) is 10.6 Å². The summed E-state index contributed by atoms with van der Waals surface area (Å²) in [7, 11) is 1.71. The number of alkyl halides is 1. The second kappa shape index (κ2) is 6.06. The van der Waals surface area contributed by atoms with Crippen LogP contribution < -0.4 is 4.74 Å². The zero-order valence-electron chi connectivity index (χ0n) is 11.4. The molecule has 0 spiro atoms. The molecule has 0 aliphatic carbocycles. The number of thioether (sulfide) groups is 1. The smallest absolute Gasteiger partial charge is 0.154 e. The number of para-hydroxylation sites is 1. The van der Waals surface area contributed by atoms with Crippen LogP contribution in [0.3, 0.4) is 0 Å². The van der Waals surface area contributed by atoms with E-state index in [9.17, 15) is 0 Å². The normalized spacial score (nSPS) is 22.0. The molecule has 1 unspecified atom stereocenters. The third-order valence-corrected chi connectivity index (χ3v) is 4.64. The van der Waals surface area contributed by atoms with Crippen molar-refractivity contribution in [2.24, 2.45) is 5.16 Å². The van der Waals surface area contributed by atoms with Crippen molar-refractivity contribution in [1.29, 1.82) is 0 Å². The van der Waals surface area contributed by atoms with Gasteiger partial charge in [0.05, 0.1) is 13.0 Å². The Morgan fingerprint density at radius 3 is 2.95 bits per heavy atom. The Kier molecular flexibility index (Phi) is 4.63. The van der Waals surface area contributed by atoms with E-state index in [-0.39, 0.29) is 5.60 Å². The number of halogens is 1. The Bertz CT molecular complexity index is 492. The zero-order valence-corrected chi connectivity index (χ0v) is 13.0. The van der Waals surface area contributed by atoms with E-state index >= 15 is 0 Å². The van der Waals surface area contributed by atoms with E-state index in [1.807, 2.05) is 26.0 Å². The number of oxime groups is 1. The molecule has 3 nitrogen and oxygen atoms in total. The number of hydrogen-bond donors (Lipinski definition) is 0. The van der Waals surface area contributed by atoms with Crippen LogP contribution in [0.4, 0.5) is 0 Å². The fourth-order valence-corrected chi connectivity index (χ4v) is 3.16. The highest BCUT2D eigenvalue weighted by Gasteiger charge is 2.33. The van der Waals surface area contributed by atoms with Crippen molar-refractivity contribution < 1.29 is 9.57 Å². The predicted octanol–water partition coefficient (Wildman–Crippen LogP) is 3.97.